The van der Waals surface area contributed by atoms with Gasteiger partial charge in [0.25, 0.3) is 0 Å². The largest absolute Gasteiger partial charge is 0.486 e. The van der Waals surface area contributed by atoms with Crippen LogP contribution in [0.1, 0.15) is 44.1 Å². The van der Waals surface area contributed by atoms with Gasteiger partial charge in [-0.3, -0.25) is 4.79 Å². The second kappa shape index (κ2) is 7.68. The van der Waals surface area contributed by atoms with Crippen LogP contribution in [0.3, 0.4) is 0 Å². The zero-order valence-electron chi connectivity index (χ0n) is 13.6. The van der Waals surface area contributed by atoms with E-state index >= 15 is 0 Å². The number of nitrogens with two attached hydrogens (primary N) is 1. The molecular formula is C18H26N2O3. The van der Waals surface area contributed by atoms with Gasteiger partial charge >= 0.3 is 0 Å². The van der Waals surface area contributed by atoms with E-state index in [1.807, 2.05) is 18.2 Å². The van der Waals surface area contributed by atoms with Gasteiger partial charge in [-0.05, 0) is 30.0 Å². The third kappa shape index (κ3) is 4.38. The summed E-state index contributed by atoms with van der Waals surface area (Å²) in [5, 5.41) is 2.93. The predicted octanol–water partition coefficient (Wildman–Crippen LogP) is 2.37. The van der Waals surface area contributed by atoms with E-state index in [2.05, 4.69) is 5.32 Å². The summed E-state index contributed by atoms with van der Waals surface area (Å²) in [5.74, 6) is 2.05. The van der Waals surface area contributed by atoms with Crippen LogP contribution in [0.4, 0.5) is 0 Å². The van der Waals surface area contributed by atoms with Crippen LogP contribution < -0.4 is 20.5 Å². The predicted molar refractivity (Wildman–Crippen MR) is 88.4 cm³/mol. The zero-order valence-corrected chi connectivity index (χ0v) is 13.6. The highest BCUT2D eigenvalue weighted by Crippen LogP contribution is 2.30. The first kappa shape index (κ1) is 16.1. The van der Waals surface area contributed by atoms with Crippen molar-refractivity contribution in [3.8, 4) is 11.5 Å². The molecule has 1 aromatic carbocycles. The molecule has 0 saturated heterocycles. The van der Waals surface area contributed by atoms with Gasteiger partial charge in [0.2, 0.25) is 5.91 Å². The Bertz CT molecular complexity index is 541. The monoisotopic (exact) mass is 318 g/mol. The second-order valence-electron chi connectivity index (χ2n) is 6.54. The van der Waals surface area contributed by atoms with Crippen LogP contribution in [-0.2, 0) is 11.3 Å². The first-order valence-corrected chi connectivity index (χ1v) is 8.64. The molecular weight excluding hydrogens is 292 g/mol. The molecule has 1 atom stereocenters. The van der Waals surface area contributed by atoms with Crippen LogP contribution >= 0.6 is 0 Å². The van der Waals surface area contributed by atoms with Crippen molar-refractivity contribution in [1.82, 2.24) is 5.32 Å². The third-order valence-electron chi connectivity index (χ3n) is 4.72. The molecule has 1 aliphatic heterocycles. The number of amides is 1. The highest BCUT2D eigenvalue weighted by atomic mass is 16.6. The molecule has 1 amide bonds. The Kier molecular flexibility index (Phi) is 5.39. The summed E-state index contributed by atoms with van der Waals surface area (Å²) in [5.41, 5.74) is 7.06. The summed E-state index contributed by atoms with van der Waals surface area (Å²) < 4.78 is 11.1. The number of ether oxygens (including phenoxy) is 2. The maximum Gasteiger partial charge on any atom is 0.237 e. The normalized spacial score (nSPS) is 19.2. The lowest BCUT2D eigenvalue weighted by Crippen LogP contribution is -2.41. The molecule has 126 valence electrons. The van der Waals surface area contributed by atoms with Crippen molar-refractivity contribution in [3.05, 3.63) is 23.8 Å². The van der Waals surface area contributed by atoms with Crippen molar-refractivity contribution >= 4 is 5.91 Å². The smallest absolute Gasteiger partial charge is 0.237 e. The maximum atomic E-state index is 12.2. The first-order chi connectivity index (χ1) is 11.2. The van der Waals surface area contributed by atoms with E-state index in [9.17, 15) is 4.79 Å². The highest BCUT2D eigenvalue weighted by Gasteiger charge is 2.21. The van der Waals surface area contributed by atoms with Gasteiger partial charge in [-0.2, -0.15) is 0 Å². The minimum absolute atomic E-state index is 0.0644. The fraction of sp³-hybridized carbons (Fsp3) is 0.611. The SMILES string of the molecule is NC(CC1CCCCC1)C(=O)NCc1ccc2c(c1)OCCO2. The highest BCUT2D eigenvalue weighted by molar-refractivity contribution is 5.81. The Balaban J connectivity index is 1.48. The quantitative estimate of drug-likeness (QED) is 0.874. The van der Waals surface area contributed by atoms with Gasteiger partial charge in [-0.1, -0.05) is 38.2 Å². The van der Waals surface area contributed by atoms with Crippen LogP contribution in [0.25, 0.3) is 0 Å². The van der Waals surface area contributed by atoms with Crippen molar-refractivity contribution in [2.45, 2.75) is 51.1 Å². The summed E-state index contributed by atoms with van der Waals surface area (Å²) >= 11 is 0. The average Bonchev–Trinajstić information content (AvgIpc) is 2.60. The summed E-state index contributed by atoms with van der Waals surface area (Å²) in [4.78, 5) is 12.2. The van der Waals surface area contributed by atoms with Crippen molar-refractivity contribution in [1.29, 1.82) is 0 Å². The number of rotatable bonds is 5. The molecule has 1 heterocycles. The summed E-state index contributed by atoms with van der Waals surface area (Å²) in [7, 11) is 0. The van der Waals surface area contributed by atoms with Gasteiger partial charge in [-0.25, -0.2) is 0 Å². The third-order valence-corrected chi connectivity index (χ3v) is 4.72. The van der Waals surface area contributed by atoms with E-state index in [-0.39, 0.29) is 5.91 Å². The Hall–Kier alpha value is -1.75. The Morgan fingerprint density at radius 1 is 1.17 bits per heavy atom. The number of hydrogen-bond donors (Lipinski definition) is 2. The average molecular weight is 318 g/mol. The lowest BCUT2D eigenvalue weighted by Gasteiger charge is -2.24. The molecule has 1 fully saturated rings. The Labute approximate surface area is 137 Å². The van der Waals surface area contributed by atoms with Crippen LogP contribution in [0, 0.1) is 5.92 Å². The zero-order chi connectivity index (χ0) is 16.1. The standard InChI is InChI=1S/C18H26N2O3/c19-15(10-13-4-2-1-3-5-13)18(21)20-12-14-6-7-16-17(11-14)23-9-8-22-16/h6-7,11,13,15H,1-5,8-10,12,19H2,(H,20,21). The number of fused-ring (bicyclic) bond motifs is 1. The van der Waals surface area contributed by atoms with Crippen LogP contribution in [0.5, 0.6) is 11.5 Å². The van der Waals surface area contributed by atoms with E-state index in [1.165, 1.54) is 32.1 Å². The molecule has 5 nitrogen and oxygen atoms in total. The lowest BCUT2D eigenvalue weighted by molar-refractivity contribution is -0.123. The Morgan fingerprint density at radius 3 is 2.70 bits per heavy atom. The first-order valence-electron chi connectivity index (χ1n) is 8.64. The van der Waals surface area contributed by atoms with E-state index in [4.69, 9.17) is 15.2 Å². The number of benzene rings is 1. The Morgan fingerprint density at radius 2 is 1.91 bits per heavy atom. The van der Waals surface area contributed by atoms with Gasteiger partial charge in [0.1, 0.15) is 13.2 Å². The van der Waals surface area contributed by atoms with Gasteiger partial charge in [-0.15, -0.1) is 0 Å². The van der Waals surface area contributed by atoms with E-state index in [0.29, 0.717) is 25.7 Å². The summed E-state index contributed by atoms with van der Waals surface area (Å²) in [6.45, 7) is 1.61. The molecule has 5 heteroatoms. The number of hydrogen-bond acceptors (Lipinski definition) is 4. The summed E-state index contributed by atoms with van der Waals surface area (Å²) in [6.07, 6.45) is 7.09. The topological polar surface area (TPSA) is 73.6 Å². The molecule has 0 bridgehead atoms. The molecule has 3 N–H and O–H groups in total. The van der Waals surface area contributed by atoms with E-state index in [1.54, 1.807) is 0 Å². The molecule has 1 saturated carbocycles. The minimum Gasteiger partial charge on any atom is -0.486 e. The number of nitrogens with one attached hydrogen (secondary N) is 1. The number of carbonyl (C=O) groups excluding carboxylic acids is 1. The van der Waals surface area contributed by atoms with E-state index < -0.39 is 6.04 Å². The number of carbonyl (C=O) groups is 1. The molecule has 0 aromatic heterocycles. The van der Waals surface area contributed by atoms with Crippen molar-refractivity contribution < 1.29 is 14.3 Å². The van der Waals surface area contributed by atoms with Crippen molar-refractivity contribution in [2.24, 2.45) is 11.7 Å². The molecule has 2 aliphatic rings. The van der Waals surface area contributed by atoms with Crippen molar-refractivity contribution in [3.63, 3.8) is 0 Å². The van der Waals surface area contributed by atoms with Crippen LogP contribution in [0.15, 0.2) is 18.2 Å². The van der Waals surface area contributed by atoms with Gasteiger partial charge in [0, 0.05) is 6.54 Å². The van der Waals surface area contributed by atoms with Gasteiger partial charge in [0.15, 0.2) is 11.5 Å². The second-order valence-corrected chi connectivity index (χ2v) is 6.54. The van der Waals surface area contributed by atoms with Gasteiger partial charge in [0.05, 0.1) is 6.04 Å². The molecule has 23 heavy (non-hydrogen) atoms. The lowest BCUT2D eigenvalue weighted by atomic mass is 9.85. The maximum absolute atomic E-state index is 12.2. The molecule has 0 spiro atoms. The fourth-order valence-corrected chi connectivity index (χ4v) is 3.41. The molecule has 0 radical (unpaired) electrons. The summed E-state index contributed by atoms with van der Waals surface area (Å²) in [6, 6.07) is 5.34. The fourth-order valence-electron chi connectivity index (χ4n) is 3.41. The molecule has 1 unspecified atom stereocenters. The molecule has 3 rings (SSSR count). The van der Waals surface area contributed by atoms with Crippen LogP contribution in [0.2, 0.25) is 0 Å². The molecule has 1 aliphatic carbocycles. The van der Waals surface area contributed by atoms with Gasteiger partial charge < -0.3 is 20.5 Å². The molecule has 1 aromatic rings. The van der Waals surface area contributed by atoms with Crippen LogP contribution in [-0.4, -0.2) is 25.2 Å². The van der Waals surface area contributed by atoms with E-state index in [0.717, 1.165) is 23.5 Å². The van der Waals surface area contributed by atoms with Crippen molar-refractivity contribution in [2.75, 3.05) is 13.2 Å². The minimum atomic E-state index is -0.407.